The van der Waals surface area contributed by atoms with Crippen LogP contribution in [0, 0.1) is 11.7 Å². The van der Waals surface area contributed by atoms with Gasteiger partial charge in [0.15, 0.2) is 17.4 Å². The molecule has 2 N–H and O–H groups in total. The average molecular weight is 364 g/mol. The zero-order valence-corrected chi connectivity index (χ0v) is 14.6. The molecular formula is C17H21FN4O4. The van der Waals surface area contributed by atoms with E-state index in [0.717, 1.165) is 5.56 Å². The number of nitrogens with two attached hydrogens (primary N) is 1. The zero-order chi connectivity index (χ0) is 18.7. The van der Waals surface area contributed by atoms with Crippen molar-refractivity contribution in [1.29, 1.82) is 0 Å². The fraction of sp³-hybridized carbons (Fsp3) is 0.471. The molecule has 1 aliphatic rings. The van der Waals surface area contributed by atoms with Gasteiger partial charge in [0, 0.05) is 26.7 Å². The second-order valence-corrected chi connectivity index (χ2v) is 6.26. The number of aromatic nitrogens is 2. The Balaban J connectivity index is 1.75. The summed E-state index contributed by atoms with van der Waals surface area (Å²) in [6.45, 7) is 1.75. The molecule has 2 heterocycles. The van der Waals surface area contributed by atoms with E-state index in [-0.39, 0.29) is 18.3 Å². The van der Waals surface area contributed by atoms with E-state index in [0.29, 0.717) is 31.3 Å². The van der Waals surface area contributed by atoms with E-state index in [4.69, 9.17) is 19.7 Å². The van der Waals surface area contributed by atoms with E-state index in [1.807, 2.05) is 4.90 Å². The molecule has 0 aliphatic carbocycles. The maximum atomic E-state index is 13.6. The maximum Gasteiger partial charge on any atom is 0.231 e. The van der Waals surface area contributed by atoms with Crippen molar-refractivity contribution >= 4 is 5.91 Å². The number of rotatable bonds is 7. The van der Waals surface area contributed by atoms with Crippen LogP contribution in [-0.2, 0) is 22.7 Å². The van der Waals surface area contributed by atoms with Gasteiger partial charge >= 0.3 is 0 Å². The Morgan fingerprint density at radius 1 is 1.42 bits per heavy atom. The van der Waals surface area contributed by atoms with Gasteiger partial charge in [-0.15, -0.1) is 0 Å². The first-order valence-electron chi connectivity index (χ1n) is 8.17. The van der Waals surface area contributed by atoms with Gasteiger partial charge in [-0.25, -0.2) is 4.39 Å². The number of methoxy groups -OCH3 is 2. The summed E-state index contributed by atoms with van der Waals surface area (Å²) in [4.78, 5) is 18.2. The largest absolute Gasteiger partial charge is 0.494 e. The van der Waals surface area contributed by atoms with Gasteiger partial charge in [0.05, 0.1) is 18.9 Å². The summed E-state index contributed by atoms with van der Waals surface area (Å²) in [6, 6.07) is 4.70. The summed E-state index contributed by atoms with van der Waals surface area (Å²) < 4.78 is 28.8. The zero-order valence-electron chi connectivity index (χ0n) is 14.6. The third-order valence-corrected chi connectivity index (χ3v) is 4.46. The molecule has 140 valence electrons. The van der Waals surface area contributed by atoms with Gasteiger partial charge in [0.2, 0.25) is 11.8 Å². The van der Waals surface area contributed by atoms with Gasteiger partial charge in [-0.05, 0) is 17.7 Å². The molecule has 9 heteroatoms. The Morgan fingerprint density at radius 3 is 2.92 bits per heavy atom. The van der Waals surface area contributed by atoms with Gasteiger partial charge in [-0.1, -0.05) is 11.2 Å². The normalized spacial score (nSPS) is 20.4. The standard InChI is InChI=1S/C17H21FN4O4/c1-24-9-15-20-17(26-21-15)12-8-22(7-11(12)16(19)23)6-10-3-4-13(18)14(5-10)25-2/h3-5,11-12H,6-9H2,1-2H3,(H2,19,23). The second kappa shape index (κ2) is 7.79. The minimum absolute atomic E-state index is 0.186. The van der Waals surface area contributed by atoms with E-state index in [9.17, 15) is 9.18 Å². The van der Waals surface area contributed by atoms with Crippen LogP contribution >= 0.6 is 0 Å². The van der Waals surface area contributed by atoms with Crippen LogP contribution in [0.25, 0.3) is 0 Å². The number of likely N-dealkylation sites (tertiary alicyclic amines) is 1. The summed E-state index contributed by atoms with van der Waals surface area (Å²) in [7, 11) is 2.96. The Bertz CT molecular complexity index is 782. The maximum absolute atomic E-state index is 13.6. The predicted octanol–water partition coefficient (Wildman–Crippen LogP) is 1.06. The summed E-state index contributed by atoms with van der Waals surface area (Å²) >= 11 is 0. The first kappa shape index (κ1) is 18.3. The molecular weight excluding hydrogens is 343 g/mol. The van der Waals surface area contributed by atoms with Crippen LogP contribution in [-0.4, -0.2) is 48.3 Å². The Labute approximate surface area is 150 Å². The lowest BCUT2D eigenvalue weighted by Crippen LogP contribution is -2.29. The van der Waals surface area contributed by atoms with Crippen molar-refractivity contribution in [3.05, 3.63) is 41.3 Å². The van der Waals surface area contributed by atoms with Gasteiger partial charge < -0.3 is 19.7 Å². The van der Waals surface area contributed by atoms with Crippen molar-refractivity contribution in [3.8, 4) is 5.75 Å². The number of hydrogen-bond acceptors (Lipinski definition) is 7. The molecule has 0 radical (unpaired) electrons. The molecule has 1 aliphatic heterocycles. The monoisotopic (exact) mass is 364 g/mol. The Hall–Kier alpha value is -2.52. The number of benzene rings is 1. The van der Waals surface area contributed by atoms with Crippen molar-refractivity contribution in [2.24, 2.45) is 11.7 Å². The van der Waals surface area contributed by atoms with Crippen LogP contribution in [0.3, 0.4) is 0 Å². The quantitative estimate of drug-likeness (QED) is 0.783. The first-order valence-corrected chi connectivity index (χ1v) is 8.17. The molecule has 1 saturated heterocycles. The van der Waals surface area contributed by atoms with Gasteiger partial charge in [-0.3, -0.25) is 9.69 Å². The Morgan fingerprint density at radius 2 is 2.23 bits per heavy atom. The van der Waals surface area contributed by atoms with Gasteiger partial charge in [0.25, 0.3) is 0 Å². The molecule has 0 saturated carbocycles. The van der Waals surface area contributed by atoms with Crippen LogP contribution in [0.4, 0.5) is 4.39 Å². The number of amides is 1. The van der Waals surface area contributed by atoms with E-state index >= 15 is 0 Å². The lowest BCUT2D eigenvalue weighted by molar-refractivity contribution is -0.121. The fourth-order valence-electron chi connectivity index (χ4n) is 3.22. The third kappa shape index (κ3) is 3.83. The van der Waals surface area contributed by atoms with Gasteiger partial charge in [0.1, 0.15) is 6.61 Å². The molecule has 0 spiro atoms. The Kier molecular flexibility index (Phi) is 5.48. The predicted molar refractivity (Wildman–Crippen MR) is 88.7 cm³/mol. The second-order valence-electron chi connectivity index (χ2n) is 6.26. The topological polar surface area (TPSA) is 104 Å². The van der Waals surface area contributed by atoms with Crippen LogP contribution in [0.5, 0.6) is 5.75 Å². The van der Waals surface area contributed by atoms with Crippen LogP contribution in [0.1, 0.15) is 23.2 Å². The first-order chi connectivity index (χ1) is 12.5. The van der Waals surface area contributed by atoms with E-state index in [1.54, 1.807) is 12.1 Å². The average Bonchev–Trinajstić information content (AvgIpc) is 3.24. The third-order valence-electron chi connectivity index (χ3n) is 4.46. The van der Waals surface area contributed by atoms with E-state index < -0.39 is 17.6 Å². The van der Waals surface area contributed by atoms with Crippen LogP contribution in [0.2, 0.25) is 0 Å². The van der Waals surface area contributed by atoms with Crippen LogP contribution < -0.4 is 10.5 Å². The fourth-order valence-corrected chi connectivity index (χ4v) is 3.22. The number of primary amides is 1. The molecule has 0 bridgehead atoms. The lowest BCUT2D eigenvalue weighted by atomic mass is 9.95. The van der Waals surface area contributed by atoms with E-state index in [1.165, 1.54) is 20.3 Å². The highest BCUT2D eigenvalue weighted by Gasteiger charge is 2.40. The molecule has 2 atom stereocenters. The number of ether oxygens (including phenoxy) is 2. The molecule has 1 aromatic heterocycles. The smallest absolute Gasteiger partial charge is 0.231 e. The molecule has 2 aromatic rings. The highest BCUT2D eigenvalue weighted by Crippen LogP contribution is 2.33. The number of hydrogen-bond donors (Lipinski definition) is 1. The number of halogens is 1. The van der Waals surface area contributed by atoms with Crippen LogP contribution in [0.15, 0.2) is 22.7 Å². The van der Waals surface area contributed by atoms with Crippen molar-refractivity contribution in [2.45, 2.75) is 19.1 Å². The van der Waals surface area contributed by atoms with Gasteiger partial charge in [-0.2, -0.15) is 4.98 Å². The molecule has 1 aromatic carbocycles. The summed E-state index contributed by atoms with van der Waals surface area (Å²) in [5, 5.41) is 3.85. The molecule has 3 rings (SSSR count). The molecule has 8 nitrogen and oxygen atoms in total. The highest BCUT2D eigenvalue weighted by molar-refractivity contribution is 5.78. The lowest BCUT2D eigenvalue weighted by Gasteiger charge is -2.16. The number of carbonyl (C=O) groups is 1. The van der Waals surface area contributed by atoms with Crippen molar-refractivity contribution in [3.63, 3.8) is 0 Å². The van der Waals surface area contributed by atoms with E-state index in [2.05, 4.69) is 10.1 Å². The minimum Gasteiger partial charge on any atom is -0.494 e. The summed E-state index contributed by atoms with van der Waals surface area (Å²) in [6.07, 6.45) is 0. The molecule has 2 unspecified atom stereocenters. The van der Waals surface area contributed by atoms with Crippen molar-refractivity contribution in [2.75, 3.05) is 27.3 Å². The van der Waals surface area contributed by atoms with Crippen molar-refractivity contribution < 1.29 is 23.2 Å². The highest BCUT2D eigenvalue weighted by atomic mass is 19.1. The number of nitrogens with zero attached hydrogens (tertiary/aromatic N) is 3. The molecule has 1 amide bonds. The summed E-state index contributed by atoms with van der Waals surface area (Å²) in [5.41, 5.74) is 6.44. The molecule has 26 heavy (non-hydrogen) atoms. The number of carbonyl (C=O) groups excluding carboxylic acids is 1. The molecule has 1 fully saturated rings. The SMILES string of the molecule is COCc1noc(C2CN(Cc3ccc(F)c(OC)c3)CC2C(N)=O)n1. The minimum atomic E-state index is -0.437. The summed E-state index contributed by atoms with van der Waals surface area (Å²) in [5.74, 6) is -0.567. The van der Waals surface area contributed by atoms with Crippen molar-refractivity contribution in [1.82, 2.24) is 15.0 Å².